The smallest absolute Gasteiger partial charge is 0.266 e. The molecule has 1 aliphatic heterocycles. The fourth-order valence-corrected chi connectivity index (χ4v) is 5.99. The van der Waals surface area contributed by atoms with Crippen LogP contribution in [0.5, 0.6) is 5.75 Å². The standard InChI is InChI=1S/C27H20ClN3O3S3/c1-16-3-12-23-29-24(36-20-10-6-18(28)7-11-20)21(25(32)30(23)14-16)13-22-26(33)31(27(35)37-22)15-17-4-8-19(34-2)9-5-17/h3-14H,15H2,1-2H3/b22-13+. The number of aromatic nitrogens is 2. The van der Waals surface area contributed by atoms with Crippen LogP contribution in [0.3, 0.4) is 0 Å². The molecular weight excluding hydrogens is 546 g/mol. The van der Waals surface area contributed by atoms with Crippen LogP contribution in [0.15, 0.2) is 86.5 Å². The van der Waals surface area contributed by atoms with Crippen molar-refractivity contribution in [1.29, 1.82) is 0 Å². The number of carbonyl (C=O) groups is 1. The van der Waals surface area contributed by atoms with Gasteiger partial charge < -0.3 is 4.74 Å². The zero-order chi connectivity index (χ0) is 26.1. The highest BCUT2D eigenvalue weighted by atomic mass is 35.5. The first-order chi connectivity index (χ1) is 17.8. The zero-order valence-electron chi connectivity index (χ0n) is 19.8. The summed E-state index contributed by atoms with van der Waals surface area (Å²) in [5.41, 5.74) is 2.43. The van der Waals surface area contributed by atoms with Gasteiger partial charge in [0.2, 0.25) is 0 Å². The summed E-state index contributed by atoms with van der Waals surface area (Å²) in [5.74, 6) is 0.487. The molecule has 3 heterocycles. The van der Waals surface area contributed by atoms with Crippen LogP contribution in [0.1, 0.15) is 16.7 Å². The van der Waals surface area contributed by atoms with Gasteiger partial charge in [0.1, 0.15) is 20.7 Å². The van der Waals surface area contributed by atoms with Gasteiger partial charge in [-0.2, -0.15) is 0 Å². The van der Waals surface area contributed by atoms with Gasteiger partial charge in [-0.05, 0) is 66.6 Å². The lowest BCUT2D eigenvalue weighted by atomic mass is 10.2. The van der Waals surface area contributed by atoms with Crippen molar-refractivity contribution in [3.63, 3.8) is 0 Å². The Bertz CT molecular complexity index is 1620. The average molecular weight is 566 g/mol. The molecule has 10 heteroatoms. The molecule has 2 aromatic heterocycles. The maximum atomic E-state index is 13.6. The van der Waals surface area contributed by atoms with Crippen molar-refractivity contribution in [3.05, 3.63) is 104 Å². The Morgan fingerprint density at radius 3 is 2.51 bits per heavy atom. The number of ether oxygens (including phenoxy) is 1. The number of thiocarbonyl (C=S) groups is 1. The van der Waals surface area contributed by atoms with E-state index in [9.17, 15) is 9.59 Å². The minimum Gasteiger partial charge on any atom is -0.497 e. The van der Waals surface area contributed by atoms with Crippen LogP contribution in [-0.4, -0.2) is 31.6 Å². The number of amides is 1. The molecule has 37 heavy (non-hydrogen) atoms. The molecule has 1 saturated heterocycles. The number of fused-ring (bicyclic) bond motifs is 1. The number of hydrogen-bond acceptors (Lipinski definition) is 7. The van der Waals surface area contributed by atoms with Crippen LogP contribution in [0.2, 0.25) is 5.02 Å². The molecule has 4 aromatic rings. The van der Waals surface area contributed by atoms with Crippen molar-refractivity contribution in [3.8, 4) is 5.75 Å². The largest absolute Gasteiger partial charge is 0.497 e. The van der Waals surface area contributed by atoms with Crippen molar-refractivity contribution >= 4 is 69.3 Å². The number of thioether (sulfide) groups is 1. The number of rotatable bonds is 6. The summed E-state index contributed by atoms with van der Waals surface area (Å²) in [6.45, 7) is 2.23. The normalized spacial score (nSPS) is 14.7. The Balaban J connectivity index is 1.54. The summed E-state index contributed by atoms with van der Waals surface area (Å²) in [5, 5.41) is 1.11. The minimum absolute atomic E-state index is 0.248. The number of carbonyl (C=O) groups excluding carboxylic acids is 1. The summed E-state index contributed by atoms with van der Waals surface area (Å²) >= 11 is 14.1. The molecular formula is C27H20ClN3O3S3. The fraction of sp³-hybridized carbons (Fsp3) is 0.111. The molecule has 6 nitrogen and oxygen atoms in total. The van der Waals surface area contributed by atoms with Crippen molar-refractivity contribution in [2.45, 2.75) is 23.4 Å². The third kappa shape index (κ3) is 5.45. The zero-order valence-corrected chi connectivity index (χ0v) is 23.0. The van der Waals surface area contributed by atoms with Gasteiger partial charge in [-0.15, -0.1) is 0 Å². The maximum absolute atomic E-state index is 13.6. The predicted molar refractivity (Wildman–Crippen MR) is 153 cm³/mol. The minimum atomic E-state index is -0.259. The molecule has 0 aliphatic carbocycles. The molecule has 0 bridgehead atoms. The molecule has 0 N–H and O–H groups in total. The van der Waals surface area contributed by atoms with E-state index in [-0.39, 0.29) is 11.5 Å². The van der Waals surface area contributed by atoms with Crippen molar-refractivity contribution in [2.24, 2.45) is 0 Å². The van der Waals surface area contributed by atoms with E-state index in [0.717, 1.165) is 21.8 Å². The number of hydrogen-bond donors (Lipinski definition) is 0. The molecule has 1 amide bonds. The number of benzene rings is 2. The van der Waals surface area contributed by atoms with E-state index >= 15 is 0 Å². The van der Waals surface area contributed by atoms with Crippen LogP contribution in [-0.2, 0) is 11.3 Å². The first kappa shape index (κ1) is 25.5. The first-order valence-corrected chi connectivity index (χ1v) is 13.6. The second-order valence-electron chi connectivity index (χ2n) is 8.24. The number of aryl methyl sites for hydroxylation is 1. The van der Waals surface area contributed by atoms with E-state index in [0.29, 0.717) is 37.0 Å². The summed E-state index contributed by atoms with van der Waals surface area (Å²) in [7, 11) is 1.60. The van der Waals surface area contributed by atoms with Gasteiger partial charge in [0, 0.05) is 16.1 Å². The Morgan fingerprint density at radius 2 is 1.81 bits per heavy atom. The fourth-order valence-electron chi connectivity index (χ4n) is 3.73. The molecule has 1 aliphatic rings. The van der Waals surface area contributed by atoms with Gasteiger partial charge >= 0.3 is 0 Å². The van der Waals surface area contributed by atoms with Crippen LogP contribution >= 0.6 is 47.3 Å². The highest BCUT2D eigenvalue weighted by Crippen LogP contribution is 2.36. The summed E-state index contributed by atoms with van der Waals surface area (Å²) in [6, 6.07) is 18.5. The molecule has 1 fully saturated rings. The van der Waals surface area contributed by atoms with Gasteiger partial charge in [0.25, 0.3) is 11.5 Å². The summed E-state index contributed by atoms with van der Waals surface area (Å²) in [6.07, 6.45) is 3.35. The Labute approximate surface area is 232 Å². The Hall–Kier alpha value is -3.11. The lowest BCUT2D eigenvalue weighted by Crippen LogP contribution is -2.27. The molecule has 0 unspecified atom stereocenters. The number of nitrogens with zero attached hydrogens (tertiary/aromatic N) is 3. The second-order valence-corrected chi connectivity index (χ2v) is 11.4. The number of pyridine rings is 1. The van der Waals surface area contributed by atoms with E-state index < -0.39 is 0 Å². The highest BCUT2D eigenvalue weighted by molar-refractivity contribution is 8.26. The molecule has 0 radical (unpaired) electrons. The van der Waals surface area contributed by atoms with Crippen molar-refractivity contribution in [1.82, 2.24) is 14.3 Å². The topological polar surface area (TPSA) is 63.9 Å². The SMILES string of the molecule is COc1ccc(CN2C(=O)/C(=C\c3c(Sc4ccc(Cl)cc4)nc4ccc(C)cn4c3=O)SC2=S)cc1. The average Bonchev–Trinajstić information content (AvgIpc) is 3.16. The van der Waals surface area contributed by atoms with Crippen molar-refractivity contribution < 1.29 is 9.53 Å². The van der Waals surface area contributed by atoms with Crippen LogP contribution in [0, 0.1) is 6.92 Å². The quantitative estimate of drug-likeness (QED) is 0.156. The van der Waals surface area contributed by atoms with E-state index in [1.807, 2.05) is 49.4 Å². The van der Waals surface area contributed by atoms with E-state index in [2.05, 4.69) is 0 Å². The van der Waals surface area contributed by atoms with E-state index in [4.69, 9.17) is 33.5 Å². The van der Waals surface area contributed by atoms with Gasteiger partial charge in [-0.1, -0.05) is 65.5 Å². The van der Waals surface area contributed by atoms with Crippen LogP contribution in [0.4, 0.5) is 0 Å². The Kier molecular flexibility index (Phi) is 7.39. The van der Waals surface area contributed by atoms with E-state index in [1.54, 1.807) is 37.6 Å². The van der Waals surface area contributed by atoms with Crippen LogP contribution < -0.4 is 10.3 Å². The molecule has 0 spiro atoms. The first-order valence-electron chi connectivity index (χ1n) is 11.2. The number of halogens is 1. The number of methoxy groups -OCH3 is 1. The Morgan fingerprint density at radius 1 is 1.08 bits per heavy atom. The maximum Gasteiger partial charge on any atom is 0.266 e. The molecule has 0 atom stereocenters. The van der Waals surface area contributed by atoms with Crippen molar-refractivity contribution in [2.75, 3.05) is 7.11 Å². The predicted octanol–water partition coefficient (Wildman–Crippen LogP) is 6.22. The molecule has 2 aromatic carbocycles. The summed E-state index contributed by atoms with van der Waals surface area (Å²) < 4.78 is 7.15. The molecule has 5 rings (SSSR count). The second kappa shape index (κ2) is 10.7. The highest BCUT2D eigenvalue weighted by Gasteiger charge is 2.32. The molecule has 186 valence electrons. The summed E-state index contributed by atoms with van der Waals surface area (Å²) in [4.78, 5) is 34.5. The third-order valence-corrected chi connectivity index (χ3v) is 8.29. The molecule has 0 saturated carbocycles. The van der Waals surface area contributed by atoms with Gasteiger partial charge in [-0.25, -0.2) is 4.98 Å². The van der Waals surface area contributed by atoms with Gasteiger partial charge in [0.05, 0.1) is 24.1 Å². The van der Waals surface area contributed by atoms with Gasteiger partial charge in [-0.3, -0.25) is 18.9 Å². The monoisotopic (exact) mass is 565 g/mol. The van der Waals surface area contributed by atoms with Crippen LogP contribution in [0.25, 0.3) is 11.7 Å². The van der Waals surface area contributed by atoms with E-state index in [1.165, 1.54) is 32.8 Å². The van der Waals surface area contributed by atoms with Gasteiger partial charge in [0.15, 0.2) is 0 Å². The lowest BCUT2D eigenvalue weighted by Gasteiger charge is -2.14. The lowest BCUT2D eigenvalue weighted by molar-refractivity contribution is -0.122. The third-order valence-electron chi connectivity index (χ3n) is 5.65.